The van der Waals surface area contributed by atoms with Crippen LogP contribution in [-0.2, 0) is 4.79 Å². The zero-order valence-corrected chi connectivity index (χ0v) is 7.72. The zero-order chi connectivity index (χ0) is 10.3. The van der Waals surface area contributed by atoms with Crippen LogP contribution in [0.2, 0.25) is 0 Å². The smallest absolute Gasteiger partial charge is 0.315 e. The van der Waals surface area contributed by atoms with Crippen molar-refractivity contribution in [1.29, 1.82) is 0 Å². The van der Waals surface area contributed by atoms with E-state index >= 15 is 0 Å². The van der Waals surface area contributed by atoms with Gasteiger partial charge in [0, 0.05) is 12.6 Å². The van der Waals surface area contributed by atoms with E-state index in [1.54, 1.807) is 0 Å². The number of carbonyl (C=O) groups excluding carboxylic acids is 1. The van der Waals surface area contributed by atoms with Gasteiger partial charge >= 0.3 is 6.43 Å². The lowest BCUT2D eigenvalue weighted by molar-refractivity contribution is -0.132. The van der Waals surface area contributed by atoms with Crippen LogP contribution >= 0.6 is 0 Å². The summed E-state index contributed by atoms with van der Waals surface area (Å²) >= 11 is 0. The van der Waals surface area contributed by atoms with Gasteiger partial charge < -0.3 is 11.1 Å². The van der Waals surface area contributed by atoms with E-state index in [9.17, 15) is 13.6 Å². The summed E-state index contributed by atoms with van der Waals surface area (Å²) in [6, 6.07) is -0.318. The minimum Gasteiger partial charge on any atom is -0.347 e. The quantitative estimate of drug-likeness (QED) is 0.659. The Morgan fingerprint density at radius 3 is 2.54 bits per heavy atom. The van der Waals surface area contributed by atoms with Crippen LogP contribution in [0.1, 0.15) is 26.2 Å². The molecule has 5 heteroatoms. The Balaban J connectivity index is 3.76. The molecule has 78 valence electrons. The molecule has 1 atom stereocenters. The Hall–Kier alpha value is -0.710. The van der Waals surface area contributed by atoms with E-state index in [2.05, 4.69) is 5.32 Å². The molecule has 1 amide bonds. The van der Waals surface area contributed by atoms with Crippen LogP contribution < -0.4 is 11.1 Å². The number of halogens is 2. The summed E-state index contributed by atoms with van der Waals surface area (Å²) in [6.07, 6.45) is -0.451. The van der Waals surface area contributed by atoms with E-state index in [4.69, 9.17) is 5.73 Å². The van der Waals surface area contributed by atoms with E-state index in [1.165, 1.54) is 0 Å². The highest BCUT2D eigenvalue weighted by Gasteiger charge is 2.18. The molecule has 0 saturated heterocycles. The normalized spacial score (nSPS) is 13.0. The van der Waals surface area contributed by atoms with Gasteiger partial charge in [0.15, 0.2) is 0 Å². The molecule has 0 bridgehead atoms. The van der Waals surface area contributed by atoms with Crippen molar-refractivity contribution in [3.8, 4) is 0 Å². The highest BCUT2D eigenvalue weighted by Crippen LogP contribution is 2.00. The summed E-state index contributed by atoms with van der Waals surface area (Å²) in [7, 11) is 0. The first-order valence-corrected chi connectivity index (χ1v) is 4.40. The summed E-state index contributed by atoms with van der Waals surface area (Å²) in [5, 5.41) is 2.19. The van der Waals surface area contributed by atoms with Crippen LogP contribution in [0.25, 0.3) is 0 Å². The lowest BCUT2D eigenvalue weighted by Gasteiger charge is -2.15. The number of amides is 1. The van der Waals surface area contributed by atoms with Crippen molar-refractivity contribution < 1.29 is 13.6 Å². The van der Waals surface area contributed by atoms with E-state index < -0.39 is 12.3 Å². The second-order valence-corrected chi connectivity index (χ2v) is 2.88. The molecule has 3 N–H and O–H groups in total. The maximum Gasteiger partial charge on any atom is 0.315 e. The third-order valence-corrected chi connectivity index (χ3v) is 1.74. The number of hydrogen-bond acceptors (Lipinski definition) is 2. The third-order valence-electron chi connectivity index (χ3n) is 1.74. The van der Waals surface area contributed by atoms with E-state index in [0.29, 0.717) is 6.42 Å². The number of hydrogen-bond donors (Lipinski definition) is 2. The van der Waals surface area contributed by atoms with Crippen LogP contribution in [0.4, 0.5) is 8.78 Å². The van der Waals surface area contributed by atoms with Crippen LogP contribution in [0.15, 0.2) is 0 Å². The van der Waals surface area contributed by atoms with Gasteiger partial charge in [0.2, 0.25) is 0 Å². The van der Waals surface area contributed by atoms with Gasteiger partial charge in [-0.3, -0.25) is 4.79 Å². The number of nitrogens with two attached hydrogens (primary N) is 1. The standard InChI is InChI=1S/C8H16F2N2O/c1-2-3-4-6(5-11)12-8(13)7(9)10/h6-7H,2-5,11H2,1H3,(H,12,13). The average Bonchev–Trinajstić information content (AvgIpc) is 2.11. The molecule has 0 aliphatic carbocycles. The lowest BCUT2D eigenvalue weighted by atomic mass is 10.1. The molecule has 1 unspecified atom stereocenters. The number of unbranched alkanes of at least 4 members (excludes halogenated alkanes) is 1. The van der Waals surface area contributed by atoms with Gasteiger partial charge in [0.25, 0.3) is 5.91 Å². The van der Waals surface area contributed by atoms with Crippen molar-refractivity contribution in [3.63, 3.8) is 0 Å². The van der Waals surface area contributed by atoms with Gasteiger partial charge in [-0.1, -0.05) is 19.8 Å². The number of rotatable bonds is 6. The Bertz CT molecular complexity index is 153. The summed E-state index contributed by atoms with van der Waals surface area (Å²) in [5.41, 5.74) is 5.30. The van der Waals surface area contributed by atoms with Crippen molar-refractivity contribution >= 4 is 5.91 Å². The maximum absolute atomic E-state index is 11.8. The maximum atomic E-state index is 11.8. The Kier molecular flexibility index (Phi) is 6.40. The molecule has 0 spiro atoms. The number of alkyl halides is 2. The van der Waals surface area contributed by atoms with Crippen molar-refractivity contribution in [3.05, 3.63) is 0 Å². The second-order valence-electron chi connectivity index (χ2n) is 2.88. The van der Waals surface area contributed by atoms with Gasteiger partial charge in [0.05, 0.1) is 0 Å². The first-order chi connectivity index (χ1) is 6.11. The molecule has 0 aromatic carbocycles. The van der Waals surface area contributed by atoms with Crippen molar-refractivity contribution in [2.45, 2.75) is 38.7 Å². The fourth-order valence-electron chi connectivity index (χ4n) is 0.964. The molecule has 0 heterocycles. The molecule has 13 heavy (non-hydrogen) atoms. The monoisotopic (exact) mass is 194 g/mol. The lowest BCUT2D eigenvalue weighted by Crippen LogP contribution is -2.42. The first-order valence-electron chi connectivity index (χ1n) is 4.40. The van der Waals surface area contributed by atoms with Gasteiger partial charge in [-0.15, -0.1) is 0 Å². The highest BCUT2D eigenvalue weighted by atomic mass is 19.3. The van der Waals surface area contributed by atoms with Gasteiger partial charge in [-0.25, -0.2) is 0 Å². The molecule has 0 saturated carbocycles. The van der Waals surface area contributed by atoms with Crippen LogP contribution in [0, 0.1) is 0 Å². The first kappa shape index (κ1) is 12.3. The van der Waals surface area contributed by atoms with Crippen molar-refractivity contribution in [2.75, 3.05) is 6.54 Å². The number of nitrogens with one attached hydrogen (secondary N) is 1. The summed E-state index contributed by atoms with van der Waals surface area (Å²) in [5.74, 6) is -1.23. The largest absolute Gasteiger partial charge is 0.347 e. The molecular formula is C8H16F2N2O. The SMILES string of the molecule is CCCCC(CN)NC(=O)C(F)F. The Morgan fingerprint density at radius 2 is 2.15 bits per heavy atom. The van der Waals surface area contributed by atoms with Crippen LogP contribution in [-0.4, -0.2) is 24.9 Å². The molecule has 0 rings (SSSR count). The minimum atomic E-state index is -2.95. The van der Waals surface area contributed by atoms with E-state index in [1.807, 2.05) is 6.92 Å². The third kappa shape index (κ3) is 5.52. The average molecular weight is 194 g/mol. The second kappa shape index (κ2) is 6.77. The van der Waals surface area contributed by atoms with E-state index in [-0.39, 0.29) is 12.6 Å². The predicted molar refractivity (Wildman–Crippen MR) is 46.5 cm³/mol. The fourth-order valence-corrected chi connectivity index (χ4v) is 0.964. The summed E-state index contributed by atoms with van der Waals surface area (Å²) in [6.45, 7) is 2.20. The molecule has 0 aromatic rings. The Morgan fingerprint density at radius 1 is 1.54 bits per heavy atom. The number of carbonyl (C=O) groups is 1. The fraction of sp³-hybridized carbons (Fsp3) is 0.875. The summed E-state index contributed by atoms with van der Waals surface area (Å²) in [4.78, 5) is 10.6. The predicted octanol–water partition coefficient (Wildman–Crippen LogP) is 0.885. The molecule has 3 nitrogen and oxygen atoms in total. The van der Waals surface area contributed by atoms with Gasteiger partial charge in [-0.05, 0) is 6.42 Å². The van der Waals surface area contributed by atoms with Crippen LogP contribution in [0.5, 0.6) is 0 Å². The van der Waals surface area contributed by atoms with Crippen molar-refractivity contribution in [2.24, 2.45) is 5.73 Å². The summed E-state index contributed by atoms with van der Waals surface area (Å²) < 4.78 is 23.6. The van der Waals surface area contributed by atoms with Crippen LogP contribution in [0.3, 0.4) is 0 Å². The molecule has 0 radical (unpaired) electrons. The Labute approximate surface area is 76.7 Å². The molecule has 0 aliphatic rings. The molecule has 0 aliphatic heterocycles. The van der Waals surface area contributed by atoms with Gasteiger partial charge in [0.1, 0.15) is 0 Å². The molecule has 0 fully saturated rings. The van der Waals surface area contributed by atoms with Crippen molar-refractivity contribution in [1.82, 2.24) is 5.32 Å². The minimum absolute atomic E-state index is 0.207. The zero-order valence-electron chi connectivity index (χ0n) is 7.72. The molecule has 0 aromatic heterocycles. The highest BCUT2D eigenvalue weighted by molar-refractivity contribution is 5.79. The van der Waals surface area contributed by atoms with Gasteiger partial charge in [-0.2, -0.15) is 8.78 Å². The van der Waals surface area contributed by atoms with E-state index in [0.717, 1.165) is 12.8 Å². The molecular weight excluding hydrogens is 178 g/mol. The topological polar surface area (TPSA) is 55.1 Å².